The molecule has 0 heterocycles. The van der Waals surface area contributed by atoms with Gasteiger partial charge < -0.3 is 9.84 Å². The fourth-order valence-corrected chi connectivity index (χ4v) is 0.202. The Morgan fingerprint density at radius 1 is 1.23 bits per heavy atom. The predicted molar refractivity (Wildman–Crippen MR) is 36.7 cm³/mol. The van der Waals surface area contributed by atoms with Gasteiger partial charge in [-0.25, -0.2) is 4.79 Å². The summed E-state index contributed by atoms with van der Waals surface area (Å²) in [5.74, 6) is 0. The van der Waals surface area contributed by atoms with Gasteiger partial charge in [-0.3, -0.25) is 0 Å². The number of hydrogen-bond donors (Lipinski definition) is 1. The number of carboxylic acid groups (broad SMARTS) is 1. The maximum absolute atomic E-state index is 9.84. The van der Waals surface area contributed by atoms with E-state index < -0.39 is 14.3 Å². The predicted octanol–water partition coefficient (Wildman–Crippen LogP) is 4.05. The number of ether oxygens (including phenoxy) is 1. The molecule has 82 valence electrons. The van der Waals surface area contributed by atoms with Gasteiger partial charge in [0, 0.05) is 0 Å². The minimum absolute atomic E-state index is 0.225. The molecular weight excluding hydrogens is 222 g/mol. The van der Waals surface area contributed by atoms with Crippen molar-refractivity contribution in [2.45, 2.75) is 20.0 Å². The average Bonchev–Trinajstić information content (AvgIpc) is 1.49. The first-order chi connectivity index (χ1) is 5.36. The molecule has 0 aromatic heterocycles. The fourth-order valence-electron chi connectivity index (χ4n) is 0.202. The van der Waals surface area contributed by atoms with Gasteiger partial charge in [0.05, 0.1) is 6.10 Å². The van der Waals surface area contributed by atoms with Crippen molar-refractivity contribution in [3.8, 4) is 0 Å². The summed E-state index contributed by atoms with van der Waals surface area (Å²) in [6.07, 6.45) is -1.44. The summed E-state index contributed by atoms with van der Waals surface area (Å²) >= 11 is 0. The third-order valence-corrected chi connectivity index (χ3v) is 0.337. The number of carbonyl (C=O) groups is 1. The SMILES string of the molecule is CC(C)OC(=O)O.FP(F)(F)(F)F. The Balaban J connectivity index is 0. The van der Waals surface area contributed by atoms with E-state index in [9.17, 15) is 25.8 Å². The van der Waals surface area contributed by atoms with Crippen molar-refractivity contribution >= 4 is 14.3 Å². The van der Waals surface area contributed by atoms with Crippen LogP contribution in [0.3, 0.4) is 0 Å². The zero-order chi connectivity index (χ0) is 11.3. The first kappa shape index (κ1) is 14.9. The van der Waals surface area contributed by atoms with Gasteiger partial charge >= 0.3 is 35.3 Å². The molecule has 0 aliphatic heterocycles. The van der Waals surface area contributed by atoms with Gasteiger partial charge in [0.1, 0.15) is 0 Å². The summed E-state index contributed by atoms with van der Waals surface area (Å²) in [4.78, 5) is 9.59. The van der Waals surface area contributed by atoms with Crippen LogP contribution in [-0.4, -0.2) is 17.4 Å². The molecule has 0 aromatic carbocycles. The van der Waals surface area contributed by atoms with E-state index in [1.54, 1.807) is 13.8 Å². The van der Waals surface area contributed by atoms with E-state index in [-0.39, 0.29) is 6.10 Å². The van der Waals surface area contributed by atoms with E-state index in [0.29, 0.717) is 0 Å². The Morgan fingerprint density at radius 2 is 1.46 bits per heavy atom. The summed E-state index contributed by atoms with van der Waals surface area (Å²) in [6.45, 7) is 3.32. The van der Waals surface area contributed by atoms with Crippen molar-refractivity contribution in [2.24, 2.45) is 0 Å². The van der Waals surface area contributed by atoms with Crippen molar-refractivity contribution in [1.29, 1.82) is 0 Å². The molecule has 0 amide bonds. The third-order valence-electron chi connectivity index (χ3n) is 0.337. The Labute approximate surface area is 71.0 Å². The molecule has 0 bridgehead atoms. The van der Waals surface area contributed by atoms with Crippen LogP contribution >= 0.6 is 8.16 Å². The Hall–Kier alpha value is -0.650. The van der Waals surface area contributed by atoms with E-state index >= 15 is 0 Å². The van der Waals surface area contributed by atoms with Crippen LogP contribution in [0.25, 0.3) is 0 Å². The van der Waals surface area contributed by atoms with Gasteiger partial charge in [-0.2, -0.15) is 0 Å². The Kier molecular flexibility index (Phi) is 5.20. The third kappa shape index (κ3) is 88.4. The first-order valence-electron chi connectivity index (χ1n) is 2.87. The summed E-state index contributed by atoms with van der Waals surface area (Å²) in [6, 6.07) is 0. The van der Waals surface area contributed by atoms with Gasteiger partial charge in [-0.1, -0.05) is 0 Å². The Bertz CT molecular complexity index is 157. The molecule has 0 unspecified atom stereocenters. The van der Waals surface area contributed by atoms with Crippen molar-refractivity contribution < 1.29 is 35.6 Å². The quantitative estimate of drug-likeness (QED) is 0.419. The van der Waals surface area contributed by atoms with Crippen molar-refractivity contribution in [1.82, 2.24) is 0 Å². The monoisotopic (exact) mass is 230 g/mol. The molecule has 0 saturated carbocycles. The molecule has 0 saturated heterocycles. The van der Waals surface area contributed by atoms with Crippen LogP contribution in [0.4, 0.5) is 25.8 Å². The molecule has 0 aliphatic rings. The molecule has 0 radical (unpaired) electrons. The molecule has 9 heteroatoms. The number of hydrogen-bond acceptors (Lipinski definition) is 2. The molecule has 0 aliphatic carbocycles. The van der Waals surface area contributed by atoms with E-state index in [1.807, 2.05) is 0 Å². The second-order valence-corrected chi connectivity index (χ2v) is 3.35. The normalized spacial score (nSPS) is 13.7. The van der Waals surface area contributed by atoms with Crippen molar-refractivity contribution in [3.05, 3.63) is 0 Å². The molecule has 0 rings (SSSR count). The van der Waals surface area contributed by atoms with Gasteiger partial charge in [-0.15, -0.1) is 0 Å². The zero-order valence-electron chi connectivity index (χ0n) is 6.68. The van der Waals surface area contributed by atoms with Crippen molar-refractivity contribution in [3.63, 3.8) is 0 Å². The molecule has 13 heavy (non-hydrogen) atoms. The van der Waals surface area contributed by atoms with Crippen LogP contribution in [0.5, 0.6) is 0 Å². The van der Waals surface area contributed by atoms with E-state index in [0.717, 1.165) is 0 Å². The average molecular weight is 230 g/mol. The number of halogens is 5. The summed E-state index contributed by atoms with van der Waals surface area (Å²) in [7, 11) is -8.55. The molecule has 1 N–H and O–H groups in total. The zero-order valence-corrected chi connectivity index (χ0v) is 7.57. The van der Waals surface area contributed by atoms with Crippen LogP contribution < -0.4 is 0 Å². The van der Waals surface area contributed by atoms with E-state index in [2.05, 4.69) is 4.74 Å². The summed E-state index contributed by atoms with van der Waals surface area (Å²) < 4.78 is 53.4. The molecule has 0 spiro atoms. The van der Waals surface area contributed by atoms with Gasteiger partial charge in [0.15, 0.2) is 0 Å². The minimum atomic E-state index is -8.55. The van der Waals surface area contributed by atoms with E-state index in [4.69, 9.17) is 5.11 Å². The summed E-state index contributed by atoms with van der Waals surface area (Å²) in [5, 5.41) is 7.86. The van der Waals surface area contributed by atoms with Gasteiger partial charge in [-0.05, 0) is 13.8 Å². The van der Waals surface area contributed by atoms with Gasteiger partial charge in [0.2, 0.25) is 0 Å². The van der Waals surface area contributed by atoms with Crippen LogP contribution in [0, 0.1) is 0 Å². The molecule has 0 aromatic rings. The molecule has 3 nitrogen and oxygen atoms in total. The van der Waals surface area contributed by atoms with Crippen molar-refractivity contribution in [2.75, 3.05) is 0 Å². The molecule has 0 fully saturated rings. The maximum atomic E-state index is 9.84. The standard InChI is InChI=1S/C4H8O3.F5P/c1-3(2)7-4(5)6;1-6(2,3,4)5/h3H,1-2H3,(H,5,6);. The number of rotatable bonds is 1. The van der Waals surface area contributed by atoms with E-state index in [1.165, 1.54) is 0 Å². The van der Waals surface area contributed by atoms with Gasteiger partial charge in [0.25, 0.3) is 0 Å². The van der Waals surface area contributed by atoms with Crippen LogP contribution in [0.2, 0.25) is 0 Å². The summed E-state index contributed by atoms with van der Waals surface area (Å²) in [5.41, 5.74) is 0. The van der Waals surface area contributed by atoms with Crippen LogP contribution in [0.1, 0.15) is 13.8 Å². The first-order valence-corrected chi connectivity index (χ1v) is 4.56. The topological polar surface area (TPSA) is 46.5 Å². The Morgan fingerprint density at radius 3 is 1.46 bits per heavy atom. The second kappa shape index (κ2) is 4.55. The van der Waals surface area contributed by atoms with Crippen LogP contribution in [-0.2, 0) is 4.74 Å². The van der Waals surface area contributed by atoms with Crippen LogP contribution in [0.15, 0.2) is 0 Å². The molecular formula is C4H8F5O3P. The second-order valence-electron chi connectivity index (χ2n) is 2.07. The fraction of sp³-hybridized carbons (Fsp3) is 0.750. The molecule has 0 atom stereocenters.